The number of rotatable bonds is 2. The molecule has 0 radical (unpaired) electrons. The second kappa shape index (κ2) is 7.07. The molecule has 1 aromatic heterocycles. The van der Waals surface area contributed by atoms with Crippen molar-refractivity contribution in [1.29, 1.82) is 0 Å². The number of hydrogen-bond donors (Lipinski definition) is 1. The molecule has 1 aromatic carbocycles. The Bertz CT molecular complexity index is 599. The number of hydrogen-bond acceptors (Lipinski definition) is 3. The molecule has 5 heteroatoms. The molecule has 0 aliphatic carbocycles. The minimum Gasteiger partial charge on any atom is -0.335 e. The number of amides is 1. The van der Waals surface area contributed by atoms with E-state index in [0.717, 1.165) is 35.6 Å². The molecule has 1 saturated heterocycles. The van der Waals surface area contributed by atoms with E-state index < -0.39 is 0 Å². The van der Waals surface area contributed by atoms with Gasteiger partial charge in [-0.1, -0.05) is 30.3 Å². The Morgan fingerprint density at radius 1 is 1.29 bits per heavy atom. The summed E-state index contributed by atoms with van der Waals surface area (Å²) in [6, 6.07) is 12.5. The van der Waals surface area contributed by atoms with E-state index in [4.69, 9.17) is 0 Å². The number of halogens is 1. The van der Waals surface area contributed by atoms with E-state index in [1.165, 1.54) is 11.3 Å². The Balaban J connectivity index is 0.00000161. The van der Waals surface area contributed by atoms with E-state index in [0.29, 0.717) is 6.04 Å². The fourth-order valence-corrected chi connectivity index (χ4v) is 3.46. The number of nitrogens with one attached hydrogen (secondary N) is 1. The quantitative estimate of drug-likeness (QED) is 0.920. The van der Waals surface area contributed by atoms with Crippen LogP contribution in [0.4, 0.5) is 0 Å². The summed E-state index contributed by atoms with van der Waals surface area (Å²) in [4.78, 5) is 15.5. The fraction of sp³-hybridized carbons (Fsp3) is 0.312. The van der Waals surface area contributed by atoms with E-state index in [1.807, 2.05) is 34.5 Å². The standard InChI is InChI=1S/C16H18N2OS.ClH/c1-12-11-18(9-8-17-12)16(19)15-14(7-10-20-15)13-5-3-2-4-6-13;/h2-7,10,12,17H,8-9,11H2,1H3;1H. The highest BCUT2D eigenvalue weighted by atomic mass is 35.5. The number of carbonyl (C=O) groups excluding carboxylic acids is 1. The van der Waals surface area contributed by atoms with Crippen LogP contribution in [0.1, 0.15) is 16.6 Å². The number of piperazine rings is 1. The van der Waals surface area contributed by atoms with Crippen LogP contribution in [0.3, 0.4) is 0 Å². The van der Waals surface area contributed by atoms with Crippen molar-refractivity contribution in [3.63, 3.8) is 0 Å². The van der Waals surface area contributed by atoms with Crippen molar-refractivity contribution in [3.8, 4) is 11.1 Å². The predicted molar refractivity (Wildman–Crippen MR) is 90.4 cm³/mol. The van der Waals surface area contributed by atoms with Gasteiger partial charge in [-0.05, 0) is 23.9 Å². The molecule has 1 fully saturated rings. The third-order valence-corrected chi connectivity index (χ3v) is 4.50. The first-order valence-electron chi connectivity index (χ1n) is 6.91. The highest BCUT2D eigenvalue weighted by Gasteiger charge is 2.24. The molecule has 0 bridgehead atoms. The van der Waals surface area contributed by atoms with Gasteiger partial charge in [0.05, 0.1) is 4.88 Å². The maximum absolute atomic E-state index is 12.7. The zero-order valence-corrected chi connectivity index (χ0v) is 13.5. The van der Waals surface area contributed by atoms with Crippen LogP contribution in [0.25, 0.3) is 11.1 Å². The Hall–Kier alpha value is -1.36. The number of nitrogens with zero attached hydrogens (tertiary/aromatic N) is 1. The van der Waals surface area contributed by atoms with Crippen molar-refractivity contribution in [2.24, 2.45) is 0 Å². The zero-order chi connectivity index (χ0) is 13.9. The molecule has 3 nitrogen and oxygen atoms in total. The van der Waals surface area contributed by atoms with Gasteiger partial charge in [-0.25, -0.2) is 0 Å². The van der Waals surface area contributed by atoms with Gasteiger partial charge >= 0.3 is 0 Å². The second-order valence-corrected chi connectivity index (χ2v) is 6.05. The molecule has 1 unspecified atom stereocenters. The molecular formula is C16H19ClN2OS. The molecule has 112 valence electrons. The maximum atomic E-state index is 12.7. The van der Waals surface area contributed by atoms with Crippen molar-refractivity contribution in [3.05, 3.63) is 46.7 Å². The molecule has 21 heavy (non-hydrogen) atoms. The molecule has 2 heterocycles. The van der Waals surface area contributed by atoms with Crippen molar-refractivity contribution in [2.45, 2.75) is 13.0 Å². The van der Waals surface area contributed by atoms with Crippen LogP contribution in [-0.4, -0.2) is 36.5 Å². The predicted octanol–water partition coefficient (Wildman–Crippen LogP) is 3.27. The molecule has 0 spiro atoms. The van der Waals surface area contributed by atoms with Crippen molar-refractivity contribution < 1.29 is 4.79 Å². The van der Waals surface area contributed by atoms with Crippen LogP contribution in [0.15, 0.2) is 41.8 Å². The van der Waals surface area contributed by atoms with Gasteiger partial charge in [-0.3, -0.25) is 4.79 Å². The smallest absolute Gasteiger partial charge is 0.264 e. The Morgan fingerprint density at radius 3 is 2.76 bits per heavy atom. The molecule has 1 N–H and O–H groups in total. The Labute approximate surface area is 135 Å². The van der Waals surface area contributed by atoms with Crippen LogP contribution in [-0.2, 0) is 0 Å². The van der Waals surface area contributed by atoms with Gasteiger partial charge in [0.15, 0.2) is 0 Å². The van der Waals surface area contributed by atoms with Crippen LogP contribution < -0.4 is 5.32 Å². The average molecular weight is 323 g/mol. The third-order valence-electron chi connectivity index (χ3n) is 3.60. The van der Waals surface area contributed by atoms with Crippen molar-refractivity contribution in [2.75, 3.05) is 19.6 Å². The monoisotopic (exact) mass is 322 g/mol. The Kier molecular flexibility index (Phi) is 5.39. The lowest BCUT2D eigenvalue weighted by atomic mass is 10.1. The van der Waals surface area contributed by atoms with Crippen molar-refractivity contribution in [1.82, 2.24) is 10.2 Å². The first-order chi connectivity index (χ1) is 9.75. The summed E-state index contributed by atoms with van der Waals surface area (Å²) in [5.74, 6) is 0.159. The lowest BCUT2D eigenvalue weighted by molar-refractivity contribution is 0.0714. The van der Waals surface area contributed by atoms with Gasteiger partial charge in [-0.15, -0.1) is 23.7 Å². The molecule has 3 rings (SSSR count). The second-order valence-electron chi connectivity index (χ2n) is 5.14. The largest absolute Gasteiger partial charge is 0.335 e. The third kappa shape index (κ3) is 3.46. The summed E-state index contributed by atoms with van der Waals surface area (Å²) in [5.41, 5.74) is 2.16. The first-order valence-corrected chi connectivity index (χ1v) is 7.79. The lowest BCUT2D eigenvalue weighted by Crippen LogP contribution is -2.51. The number of carbonyl (C=O) groups is 1. The SMILES string of the molecule is CC1CN(C(=O)c2sccc2-c2ccccc2)CCN1.Cl. The Morgan fingerprint density at radius 2 is 2.05 bits per heavy atom. The molecule has 1 aliphatic heterocycles. The normalized spacial score (nSPS) is 18.1. The van der Waals surface area contributed by atoms with Gasteiger partial charge in [0.2, 0.25) is 0 Å². The molecule has 2 aromatic rings. The molecule has 1 amide bonds. The van der Waals surface area contributed by atoms with E-state index >= 15 is 0 Å². The van der Waals surface area contributed by atoms with Crippen molar-refractivity contribution >= 4 is 29.7 Å². The molecule has 0 saturated carbocycles. The molecule has 1 aliphatic rings. The summed E-state index contributed by atoms with van der Waals surface area (Å²) in [6.07, 6.45) is 0. The van der Waals surface area contributed by atoms with Gasteiger partial charge in [0.1, 0.15) is 0 Å². The van der Waals surface area contributed by atoms with Crippen LogP contribution >= 0.6 is 23.7 Å². The van der Waals surface area contributed by atoms with Gasteiger partial charge in [0, 0.05) is 31.2 Å². The van der Waals surface area contributed by atoms with Crippen LogP contribution in [0.5, 0.6) is 0 Å². The van der Waals surface area contributed by atoms with E-state index in [-0.39, 0.29) is 18.3 Å². The van der Waals surface area contributed by atoms with Crippen LogP contribution in [0.2, 0.25) is 0 Å². The first kappa shape index (κ1) is 16.0. The topological polar surface area (TPSA) is 32.3 Å². The van der Waals surface area contributed by atoms with E-state index in [1.54, 1.807) is 0 Å². The zero-order valence-electron chi connectivity index (χ0n) is 11.9. The highest BCUT2D eigenvalue weighted by molar-refractivity contribution is 7.12. The summed E-state index contributed by atoms with van der Waals surface area (Å²) in [6.45, 7) is 4.56. The summed E-state index contributed by atoms with van der Waals surface area (Å²) in [7, 11) is 0. The average Bonchev–Trinajstić information content (AvgIpc) is 2.97. The van der Waals surface area contributed by atoms with E-state index in [2.05, 4.69) is 24.4 Å². The molecule has 1 atom stereocenters. The minimum atomic E-state index is 0. The van der Waals surface area contributed by atoms with Gasteiger partial charge in [-0.2, -0.15) is 0 Å². The number of thiophene rings is 1. The highest BCUT2D eigenvalue weighted by Crippen LogP contribution is 2.29. The van der Waals surface area contributed by atoms with Gasteiger partial charge < -0.3 is 10.2 Å². The van der Waals surface area contributed by atoms with Crippen LogP contribution in [0, 0.1) is 0 Å². The maximum Gasteiger partial charge on any atom is 0.264 e. The fourth-order valence-electron chi connectivity index (χ4n) is 2.58. The minimum absolute atomic E-state index is 0. The summed E-state index contributed by atoms with van der Waals surface area (Å²) < 4.78 is 0. The lowest BCUT2D eigenvalue weighted by Gasteiger charge is -2.31. The number of benzene rings is 1. The van der Waals surface area contributed by atoms with E-state index in [9.17, 15) is 4.79 Å². The molecular weight excluding hydrogens is 304 g/mol. The van der Waals surface area contributed by atoms with Gasteiger partial charge in [0.25, 0.3) is 5.91 Å². The summed E-state index contributed by atoms with van der Waals surface area (Å²) >= 11 is 1.54. The summed E-state index contributed by atoms with van der Waals surface area (Å²) in [5, 5.41) is 5.37.